The third-order valence-electron chi connectivity index (χ3n) is 4.34. The number of carbonyl (C=O) groups is 1. The van der Waals surface area contributed by atoms with E-state index in [0.717, 1.165) is 10.6 Å². The average Bonchev–Trinajstić information content (AvgIpc) is 3.24. The highest BCUT2D eigenvalue weighted by Gasteiger charge is 2.25. The number of hydrogen-bond donors (Lipinski definition) is 1. The number of anilines is 1. The Morgan fingerprint density at radius 3 is 2.41 bits per heavy atom. The Bertz CT molecular complexity index is 1090. The van der Waals surface area contributed by atoms with E-state index in [1.165, 1.54) is 33.8 Å². The Morgan fingerprint density at radius 1 is 1.14 bits per heavy atom. The first-order valence-electron chi connectivity index (χ1n) is 8.97. The SMILES string of the molecule is CCN(CC)S(=O)(=O)c1cc(C(=O)Nc2ccc(-c3nccs3)cc2)ccc1Cl. The van der Waals surface area contributed by atoms with Gasteiger partial charge in [-0.1, -0.05) is 25.4 Å². The number of halogens is 1. The summed E-state index contributed by atoms with van der Waals surface area (Å²) >= 11 is 7.66. The van der Waals surface area contributed by atoms with Gasteiger partial charge in [0.15, 0.2) is 0 Å². The monoisotopic (exact) mass is 449 g/mol. The Balaban J connectivity index is 1.83. The lowest BCUT2D eigenvalue weighted by molar-refractivity contribution is 0.102. The van der Waals surface area contributed by atoms with E-state index < -0.39 is 15.9 Å². The molecule has 0 fully saturated rings. The summed E-state index contributed by atoms with van der Waals surface area (Å²) in [7, 11) is -3.78. The van der Waals surface area contributed by atoms with Crippen molar-refractivity contribution in [3.63, 3.8) is 0 Å². The topological polar surface area (TPSA) is 79.4 Å². The first-order chi connectivity index (χ1) is 13.9. The van der Waals surface area contributed by atoms with Gasteiger partial charge in [0, 0.05) is 41.5 Å². The molecule has 0 bridgehead atoms. The second-order valence-corrected chi connectivity index (χ2v) is 9.31. The standard InChI is InChI=1S/C20H20ClN3O3S2/c1-3-24(4-2)29(26,27)18-13-15(7-10-17(18)21)19(25)23-16-8-5-14(6-9-16)20-22-11-12-28-20/h5-13H,3-4H2,1-2H3,(H,23,25). The molecule has 0 atom stereocenters. The predicted molar refractivity (Wildman–Crippen MR) is 117 cm³/mol. The van der Waals surface area contributed by atoms with Crippen LogP contribution in [0, 0.1) is 0 Å². The average molecular weight is 450 g/mol. The Labute approximate surface area is 179 Å². The van der Waals surface area contributed by atoms with E-state index in [-0.39, 0.29) is 15.5 Å². The van der Waals surface area contributed by atoms with Crippen LogP contribution in [0.1, 0.15) is 24.2 Å². The highest BCUT2D eigenvalue weighted by Crippen LogP contribution is 2.27. The van der Waals surface area contributed by atoms with Gasteiger partial charge in [0.1, 0.15) is 9.90 Å². The van der Waals surface area contributed by atoms with Gasteiger partial charge in [-0.2, -0.15) is 4.31 Å². The number of sulfonamides is 1. The number of aromatic nitrogens is 1. The lowest BCUT2D eigenvalue weighted by Gasteiger charge is -2.19. The lowest BCUT2D eigenvalue weighted by Crippen LogP contribution is -2.31. The first-order valence-corrected chi connectivity index (χ1v) is 11.7. The van der Waals surface area contributed by atoms with Crippen LogP contribution in [0.3, 0.4) is 0 Å². The number of thiazole rings is 1. The molecule has 0 radical (unpaired) electrons. The van der Waals surface area contributed by atoms with Gasteiger partial charge in [-0.15, -0.1) is 11.3 Å². The van der Waals surface area contributed by atoms with E-state index >= 15 is 0 Å². The van der Waals surface area contributed by atoms with Crippen molar-refractivity contribution in [2.24, 2.45) is 0 Å². The van der Waals surface area contributed by atoms with Gasteiger partial charge in [0.25, 0.3) is 5.91 Å². The summed E-state index contributed by atoms with van der Waals surface area (Å²) < 4.78 is 26.9. The molecule has 3 rings (SSSR count). The van der Waals surface area contributed by atoms with Gasteiger partial charge in [-0.05, 0) is 42.5 Å². The summed E-state index contributed by atoms with van der Waals surface area (Å²) in [6, 6.07) is 11.5. The highest BCUT2D eigenvalue weighted by atomic mass is 35.5. The molecule has 0 unspecified atom stereocenters. The Kier molecular flexibility index (Phi) is 6.69. The van der Waals surface area contributed by atoms with Gasteiger partial charge in [0.05, 0.1) is 5.02 Å². The van der Waals surface area contributed by atoms with E-state index in [2.05, 4.69) is 10.3 Å². The van der Waals surface area contributed by atoms with Crippen LogP contribution in [0.25, 0.3) is 10.6 Å². The molecule has 0 saturated carbocycles. The molecule has 0 aliphatic rings. The molecule has 1 amide bonds. The van der Waals surface area contributed by atoms with Gasteiger partial charge < -0.3 is 5.32 Å². The van der Waals surface area contributed by atoms with Crippen LogP contribution in [-0.2, 0) is 10.0 Å². The van der Waals surface area contributed by atoms with Crippen molar-refractivity contribution in [1.82, 2.24) is 9.29 Å². The lowest BCUT2D eigenvalue weighted by atomic mass is 10.2. The molecular weight excluding hydrogens is 430 g/mol. The zero-order valence-corrected chi connectivity index (χ0v) is 18.3. The quantitative estimate of drug-likeness (QED) is 0.564. The van der Waals surface area contributed by atoms with Crippen molar-refractivity contribution in [3.8, 4) is 10.6 Å². The molecule has 0 spiro atoms. The fourth-order valence-corrected chi connectivity index (χ4v) is 5.41. The Morgan fingerprint density at radius 2 is 1.83 bits per heavy atom. The number of hydrogen-bond acceptors (Lipinski definition) is 5. The van der Waals surface area contributed by atoms with Crippen molar-refractivity contribution in [3.05, 3.63) is 64.6 Å². The van der Waals surface area contributed by atoms with E-state index in [1.54, 1.807) is 32.2 Å². The molecule has 1 aromatic heterocycles. The van der Waals surface area contributed by atoms with E-state index in [9.17, 15) is 13.2 Å². The second kappa shape index (κ2) is 9.04. The fourth-order valence-electron chi connectivity index (χ4n) is 2.81. The van der Waals surface area contributed by atoms with E-state index in [1.807, 2.05) is 17.5 Å². The normalized spacial score (nSPS) is 11.6. The third-order valence-corrected chi connectivity index (χ3v) is 7.69. The number of benzene rings is 2. The third kappa shape index (κ3) is 4.67. The maximum absolute atomic E-state index is 12.8. The van der Waals surface area contributed by atoms with Crippen LogP contribution >= 0.6 is 22.9 Å². The summed E-state index contributed by atoms with van der Waals surface area (Å²) in [5.74, 6) is -0.417. The molecule has 3 aromatic rings. The summed E-state index contributed by atoms with van der Waals surface area (Å²) in [4.78, 5) is 16.8. The predicted octanol–water partition coefficient (Wildman–Crippen LogP) is 4.75. The summed E-state index contributed by atoms with van der Waals surface area (Å²) in [5.41, 5.74) is 1.76. The number of nitrogens with zero attached hydrogens (tertiary/aromatic N) is 2. The molecule has 1 N–H and O–H groups in total. The molecule has 0 aliphatic carbocycles. The molecule has 0 saturated heterocycles. The molecule has 152 valence electrons. The maximum atomic E-state index is 12.8. The highest BCUT2D eigenvalue weighted by molar-refractivity contribution is 7.89. The van der Waals surface area contributed by atoms with Crippen LogP contribution in [0.2, 0.25) is 5.02 Å². The van der Waals surface area contributed by atoms with Crippen molar-refractivity contribution in [1.29, 1.82) is 0 Å². The van der Waals surface area contributed by atoms with Crippen LogP contribution in [0.5, 0.6) is 0 Å². The number of amides is 1. The molecule has 0 aliphatic heterocycles. The number of rotatable bonds is 7. The van der Waals surface area contributed by atoms with Gasteiger partial charge >= 0.3 is 0 Å². The minimum absolute atomic E-state index is 0.0744. The van der Waals surface area contributed by atoms with Crippen LogP contribution in [0.15, 0.2) is 58.9 Å². The number of nitrogens with one attached hydrogen (secondary N) is 1. The smallest absolute Gasteiger partial charge is 0.255 e. The van der Waals surface area contributed by atoms with Crippen molar-refractivity contribution >= 4 is 44.6 Å². The second-order valence-electron chi connectivity index (χ2n) is 6.10. The zero-order valence-electron chi connectivity index (χ0n) is 15.9. The maximum Gasteiger partial charge on any atom is 0.255 e. The van der Waals surface area contributed by atoms with E-state index in [4.69, 9.17) is 11.6 Å². The van der Waals surface area contributed by atoms with Crippen molar-refractivity contribution in [2.75, 3.05) is 18.4 Å². The molecule has 29 heavy (non-hydrogen) atoms. The van der Waals surface area contributed by atoms with Gasteiger partial charge in [0.2, 0.25) is 10.0 Å². The minimum atomic E-state index is -3.78. The largest absolute Gasteiger partial charge is 0.322 e. The summed E-state index contributed by atoms with van der Waals surface area (Å²) in [6.07, 6.45) is 1.74. The number of carbonyl (C=O) groups excluding carboxylic acids is 1. The molecule has 2 aromatic carbocycles. The summed E-state index contributed by atoms with van der Waals surface area (Å²) in [5, 5.41) is 5.66. The van der Waals surface area contributed by atoms with Gasteiger partial charge in [-0.25, -0.2) is 13.4 Å². The van der Waals surface area contributed by atoms with Crippen molar-refractivity contribution in [2.45, 2.75) is 18.7 Å². The van der Waals surface area contributed by atoms with Crippen LogP contribution in [0.4, 0.5) is 5.69 Å². The summed E-state index contributed by atoms with van der Waals surface area (Å²) in [6.45, 7) is 4.13. The molecule has 1 heterocycles. The fraction of sp³-hybridized carbons (Fsp3) is 0.200. The molecule has 6 nitrogen and oxygen atoms in total. The zero-order chi connectivity index (χ0) is 21.0. The first kappa shape index (κ1) is 21.4. The Hall–Kier alpha value is -2.26. The van der Waals surface area contributed by atoms with E-state index in [0.29, 0.717) is 18.8 Å². The van der Waals surface area contributed by atoms with Crippen LogP contribution in [-0.4, -0.2) is 36.7 Å². The van der Waals surface area contributed by atoms with Gasteiger partial charge in [-0.3, -0.25) is 4.79 Å². The molecule has 9 heteroatoms. The minimum Gasteiger partial charge on any atom is -0.322 e. The van der Waals surface area contributed by atoms with Crippen LogP contribution < -0.4 is 5.32 Å². The van der Waals surface area contributed by atoms with Crippen molar-refractivity contribution < 1.29 is 13.2 Å². The molecular formula is C20H20ClN3O3S2.